The maximum Gasteiger partial charge on any atom is 0.416 e. The van der Waals surface area contributed by atoms with Crippen molar-refractivity contribution in [3.8, 4) is 28.7 Å². The smallest absolute Gasteiger partial charge is 0.416 e. The van der Waals surface area contributed by atoms with E-state index in [1.807, 2.05) is 6.92 Å². The lowest BCUT2D eigenvalue weighted by Gasteiger charge is -2.17. The molecular weight excluding hydrogens is 439 g/mol. The highest BCUT2D eigenvalue weighted by Gasteiger charge is 2.31. The van der Waals surface area contributed by atoms with Crippen molar-refractivity contribution in [3.63, 3.8) is 0 Å². The summed E-state index contributed by atoms with van der Waals surface area (Å²) in [7, 11) is 4.19. The van der Waals surface area contributed by atoms with Gasteiger partial charge in [-0.25, -0.2) is 0 Å². The SMILES string of the molecule is COc1cc(C(=O)Nc2cc(C(F)(F)F)ccc2Oc2ccc(C)cc2)cc(OC)c1OC. The minimum absolute atomic E-state index is 0.0487. The molecule has 6 nitrogen and oxygen atoms in total. The molecule has 3 aromatic rings. The zero-order valence-corrected chi connectivity index (χ0v) is 18.4. The molecule has 0 saturated carbocycles. The molecule has 0 bridgehead atoms. The van der Waals surface area contributed by atoms with Crippen molar-refractivity contribution in [1.29, 1.82) is 0 Å². The van der Waals surface area contributed by atoms with Crippen molar-refractivity contribution in [2.24, 2.45) is 0 Å². The van der Waals surface area contributed by atoms with Crippen molar-refractivity contribution in [2.45, 2.75) is 13.1 Å². The number of amides is 1. The van der Waals surface area contributed by atoms with Gasteiger partial charge in [0.1, 0.15) is 5.75 Å². The molecule has 1 amide bonds. The molecule has 1 N–H and O–H groups in total. The summed E-state index contributed by atoms with van der Waals surface area (Å²) in [6.45, 7) is 1.89. The van der Waals surface area contributed by atoms with E-state index in [9.17, 15) is 18.0 Å². The lowest BCUT2D eigenvalue weighted by molar-refractivity contribution is -0.137. The molecule has 0 aliphatic carbocycles. The summed E-state index contributed by atoms with van der Waals surface area (Å²) in [6.07, 6.45) is -4.60. The molecule has 0 saturated heterocycles. The van der Waals surface area contributed by atoms with Crippen LogP contribution >= 0.6 is 0 Å². The molecule has 0 aliphatic rings. The molecule has 0 spiro atoms. The van der Waals surface area contributed by atoms with Crippen LogP contribution in [0.25, 0.3) is 0 Å². The second-order valence-corrected chi connectivity index (χ2v) is 6.99. The highest BCUT2D eigenvalue weighted by atomic mass is 19.4. The van der Waals surface area contributed by atoms with Gasteiger partial charge >= 0.3 is 6.18 Å². The quantitative estimate of drug-likeness (QED) is 0.462. The molecule has 174 valence electrons. The van der Waals surface area contributed by atoms with E-state index in [0.717, 1.165) is 23.8 Å². The maximum atomic E-state index is 13.3. The van der Waals surface area contributed by atoms with Gasteiger partial charge in [0.15, 0.2) is 17.2 Å². The second kappa shape index (κ2) is 9.72. The van der Waals surface area contributed by atoms with Crippen LogP contribution in [0.5, 0.6) is 28.7 Å². The molecule has 0 aliphatic heterocycles. The molecule has 9 heteroatoms. The lowest BCUT2D eigenvalue weighted by atomic mass is 10.1. The number of methoxy groups -OCH3 is 3. The van der Waals surface area contributed by atoms with Crippen molar-refractivity contribution in [3.05, 3.63) is 71.3 Å². The van der Waals surface area contributed by atoms with Crippen LogP contribution in [0.1, 0.15) is 21.5 Å². The molecule has 0 atom stereocenters. The number of carbonyl (C=O) groups excluding carboxylic acids is 1. The Balaban J connectivity index is 2.00. The Morgan fingerprint density at radius 1 is 0.818 bits per heavy atom. The third-order valence-electron chi connectivity index (χ3n) is 4.73. The summed E-state index contributed by atoms with van der Waals surface area (Å²) < 4.78 is 61.4. The molecule has 0 aromatic heterocycles. The third-order valence-corrected chi connectivity index (χ3v) is 4.73. The number of carbonyl (C=O) groups is 1. The molecule has 3 aromatic carbocycles. The molecule has 33 heavy (non-hydrogen) atoms. The number of hydrogen-bond acceptors (Lipinski definition) is 5. The maximum absolute atomic E-state index is 13.3. The molecule has 0 heterocycles. The Morgan fingerprint density at radius 3 is 1.94 bits per heavy atom. The molecule has 3 rings (SSSR count). The van der Waals surface area contributed by atoms with Crippen molar-refractivity contribution >= 4 is 11.6 Å². The highest BCUT2D eigenvalue weighted by molar-refractivity contribution is 6.06. The van der Waals surface area contributed by atoms with Gasteiger partial charge in [-0.15, -0.1) is 0 Å². The minimum atomic E-state index is -4.60. The van der Waals surface area contributed by atoms with Crippen molar-refractivity contribution < 1.29 is 36.9 Å². The zero-order chi connectivity index (χ0) is 24.2. The Hall–Kier alpha value is -3.88. The number of anilines is 1. The highest BCUT2D eigenvalue weighted by Crippen LogP contribution is 2.40. The van der Waals surface area contributed by atoms with Gasteiger partial charge in [0, 0.05) is 5.56 Å². The van der Waals surface area contributed by atoms with Crippen LogP contribution in [0.3, 0.4) is 0 Å². The Bertz CT molecular complexity index is 1120. The van der Waals surface area contributed by atoms with Gasteiger partial charge in [0.25, 0.3) is 5.91 Å². The van der Waals surface area contributed by atoms with E-state index in [1.54, 1.807) is 24.3 Å². The fourth-order valence-electron chi connectivity index (χ4n) is 3.03. The first-order valence-corrected chi connectivity index (χ1v) is 9.73. The van der Waals surface area contributed by atoms with Gasteiger partial charge in [-0.05, 0) is 49.4 Å². The summed E-state index contributed by atoms with van der Waals surface area (Å²) in [5, 5.41) is 2.50. The van der Waals surface area contributed by atoms with Crippen LogP contribution in [-0.4, -0.2) is 27.2 Å². The topological polar surface area (TPSA) is 66.0 Å². The van der Waals surface area contributed by atoms with Crippen molar-refractivity contribution in [1.82, 2.24) is 0 Å². The van der Waals surface area contributed by atoms with Crippen LogP contribution in [0.4, 0.5) is 18.9 Å². The fraction of sp³-hybridized carbons (Fsp3) is 0.208. The van der Waals surface area contributed by atoms with Crippen LogP contribution < -0.4 is 24.3 Å². The Morgan fingerprint density at radius 2 is 1.42 bits per heavy atom. The largest absolute Gasteiger partial charge is 0.493 e. The molecule has 0 radical (unpaired) electrons. The zero-order valence-electron chi connectivity index (χ0n) is 18.4. The molecular formula is C24H22F3NO5. The predicted octanol–water partition coefficient (Wildman–Crippen LogP) is 6.08. The number of hydrogen-bond donors (Lipinski definition) is 1. The number of benzene rings is 3. The third kappa shape index (κ3) is 5.49. The number of nitrogens with one attached hydrogen (secondary N) is 1. The summed E-state index contributed by atoms with van der Waals surface area (Å²) in [5.41, 5.74) is -0.00278. The summed E-state index contributed by atoms with van der Waals surface area (Å²) in [4.78, 5) is 13.0. The van der Waals surface area contributed by atoms with E-state index in [-0.39, 0.29) is 34.2 Å². The average molecular weight is 461 g/mol. The van der Waals surface area contributed by atoms with Crippen LogP contribution in [-0.2, 0) is 6.18 Å². The van der Waals surface area contributed by atoms with E-state index in [0.29, 0.717) is 5.75 Å². The Kier molecular flexibility index (Phi) is 7.01. The van der Waals surface area contributed by atoms with Gasteiger partial charge in [-0.2, -0.15) is 13.2 Å². The predicted molar refractivity (Wildman–Crippen MR) is 117 cm³/mol. The van der Waals surface area contributed by atoms with Crippen LogP contribution in [0.2, 0.25) is 0 Å². The standard InChI is InChI=1S/C24H22F3NO5/c1-14-5-8-17(9-6-14)33-19-10-7-16(24(25,26)27)13-18(19)28-23(29)15-11-20(30-2)22(32-4)21(12-15)31-3/h5-13H,1-4H3,(H,28,29). The lowest BCUT2D eigenvalue weighted by Crippen LogP contribution is -2.14. The number of halogens is 3. The van der Waals surface area contributed by atoms with E-state index in [1.165, 1.54) is 33.5 Å². The van der Waals surface area contributed by atoms with Gasteiger partial charge in [0.2, 0.25) is 5.75 Å². The summed E-state index contributed by atoms with van der Waals surface area (Å²) in [6, 6.07) is 12.6. The van der Waals surface area contributed by atoms with Crippen LogP contribution in [0, 0.1) is 6.92 Å². The molecule has 0 unspecified atom stereocenters. The first kappa shape index (κ1) is 23.8. The first-order valence-electron chi connectivity index (χ1n) is 9.73. The fourth-order valence-corrected chi connectivity index (χ4v) is 3.03. The Labute approximate surface area is 188 Å². The summed E-state index contributed by atoms with van der Waals surface area (Å²) >= 11 is 0. The first-order chi connectivity index (χ1) is 15.7. The number of alkyl halides is 3. The summed E-state index contributed by atoms with van der Waals surface area (Å²) in [5.74, 6) is 0.488. The second-order valence-electron chi connectivity index (χ2n) is 6.99. The minimum Gasteiger partial charge on any atom is -0.493 e. The van der Waals surface area contributed by atoms with Gasteiger partial charge < -0.3 is 24.3 Å². The van der Waals surface area contributed by atoms with E-state index in [4.69, 9.17) is 18.9 Å². The van der Waals surface area contributed by atoms with Gasteiger partial charge in [0.05, 0.1) is 32.6 Å². The number of ether oxygens (including phenoxy) is 4. The van der Waals surface area contributed by atoms with E-state index in [2.05, 4.69) is 5.32 Å². The van der Waals surface area contributed by atoms with E-state index >= 15 is 0 Å². The van der Waals surface area contributed by atoms with Gasteiger partial charge in [-0.1, -0.05) is 17.7 Å². The van der Waals surface area contributed by atoms with Crippen LogP contribution in [0.15, 0.2) is 54.6 Å². The average Bonchev–Trinajstić information content (AvgIpc) is 2.79. The normalized spacial score (nSPS) is 11.0. The number of aryl methyl sites for hydroxylation is 1. The number of rotatable bonds is 7. The van der Waals surface area contributed by atoms with E-state index < -0.39 is 17.6 Å². The van der Waals surface area contributed by atoms with Gasteiger partial charge in [-0.3, -0.25) is 4.79 Å². The molecule has 0 fully saturated rings. The van der Waals surface area contributed by atoms with Crippen molar-refractivity contribution in [2.75, 3.05) is 26.6 Å². The monoisotopic (exact) mass is 461 g/mol.